The molecule has 0 amide bonds. The fourth-order valence-electron chi connectivity index (χ4n) is 0. The highest BCUT2D eigenvalue weighted by molar-refractivity contribution is 6.07. The first-order valence-electron chi connectivity index (χ1n) is 2.54. The van der Waals surface area contributed by atoms with Crippen molar-refractivity contribution in [3.8, 4) is 0 Å². The summed E-state index contributed by atoms with van der Waals surface area (Å²) in [6, 6.07) is 0. The molecule has 0 aliphatic carbocycles. The van der Waals surface area contributed by atoms with E-state index in [0.717, 1.165) is 0 Å². The van der Waals surface area contributed by atoms with Crippen LogP contribution in [0.4, 0.5) is 4.39 Å². The van der Waals surface area contributed by atoms with E-state index in [2.05, 4.69) is 21.7 Å². The lowest BCUT2D eigenvalue weighted by molar-refractivity contribution is 0.598. The summed E-state index contributed by atoms with van der Waals surface area (Å²) in [6.07, 6.45) is 1.25. The normalized spacial score (nSPS) is 13.5. The molecule has 0 bridgehead atoms. The maximum absolute atomic E-state index is 10.4. The van der Waals surface area contributed by atoms with Gasteiger partial charge in [-0.25, -0.2) is 0 Å². The number of halogens is 1. The molecule has 2 radical (unpaired) electrons. The maximum atomic E-state index is 10.4. The van der Waals surface area contributed by atoms with E-state index in [1.807, 2.05) is 0 Å². The molecule has 0 rings (SSSR count). The molecule has 0 saturated heterocycles. The summed E-state index contributed by atoms with van der Waals surface area (Å²) in [5.41, 5.74) is 0. The van der Waals surface area contributed by atoms with Crippen molar-refractivity contribution in [3.05, 3.63) is 0 Å². The van der Waals surface area contributed by atoms with Crippen molar-refractivity contribution in [1.82, 2.24) is 0 Å². The molecule has 0 aromatic rings. The molecular formula is C4H10BF. The Morgan fingerprint density at radius 2 is 1.83 bits per heavy atom. The molecule has 0 nitrogen and oxygen atoms in total. The number of hydrogen-bond acceptors (Lipinski definition) is 0. The zero-order chi connectivity index (χ0) is 6.28. The van der Waals surface area contributed by atoms with Gasteiger partial charge in [0.05, 0.1) is 1.37 Å². The zero-order valence-corrected chi connectivity index (χ0v) is 4.24. The first kappa shape index (κ1) is 5.99. The van der Waals surface area contributed by atoms with Crippen LogP contribution in [-0.4, -0.2) is 14.4 Å². The predicted octanol–water partition coefficient (Wildman–Crippen LogP) is 1.50. The van der Waals surface area contributed by atoms with Gasteiger partial charge < -0.3 is 0 Å². The molecular weight excluding hydrogens is 77.9 g/mol. The van der Waals surface area contributed by atoms with Crippen molar-refractivity contribution >= 4 is 7.85 Å². The Hall–Kier alpha value is -0.00506. The number of hydrogen-bond donors (Lipinski definition) is 0. The van der Waals surface area contributed by atoms with Gasteiger partial charge in [0, 0.05) is 6.55 Å². The van der Waals surface area contributed by atoms with E-state index < -0.39 is 6.55 Å². The van der Waals surface area contributed by atoms with E-state index in [0.29, 0.717) is 0 Å². The van der Waals surface area contributed by atoms with Crippen molar-refractivity contribution in [2.45, 2.75) is 20.3 Å². The second-order valence-corrected chi connectivity index (χ2v) is 0.833. The number of rotatable bonds is 0. The van der Waals surface area contributed by atoms with E-state index in [1.54, 1.807) is 0 Å². The molecule has 0 saturated carbocycles. The summed E-state index contributed by atoms with van der Waals surface area (Å²) in [7, 11) is 4.11. The van der Waals surface area contributed by atoms with Gasteiger partial charge in [0.25, 0.3) is 0 Å². The third-order valence-corrected chi connectivity index (χ3v) is 0. The lowest BCUT2D eigenvalue weighted by atomic mass is 10.2. The van der Waals surface area contributed by atoms with Crippen LogP contribution in [0.25, 0.3) is 0 Å². The Kier molecular flexibility index (Phi) is 20.0. The van der Waals surface area contributed by atoms with Crippen LogP contribution in [0.1, 0.15) is 21.6 Å². The van der Waals surface area contributed by atoms with Crippen molar-refractivity contribution in [1.29, 1.82) is 0 Å². The summed E-state index contributed by atoms with van der Waals surface area (Å²) < 4.78 is 16.1. The Morgan fingerprint density at radius 1 is 1.83 bits per heavy atom. The molecule has 0 heterocycles. The Bertz CT molecular complexity index is 22.9. The van der Waals surface area contributed by atoms with Crippen LogP contribution in [0, 0.1) is 0 Å². The topological polar surface area (TPSA) is 0 Å². The van der Waals surface area contributed by atoms with E-state index in [-0.39, 0.29) is 0 Å². The Balaban J connectivity index is 0. The molecule has 6 heavy (non-hydrogen) atoms. The summed E-state index contributed by atoms with van der Waals surface area (Å²) in [4.78, 5) is 0. The van der Waals surface area contributed by atoms with E-state index in [9.17, 15) is 4.39 Å². The highest BCUT2D eigenvalue weighted by atomic mass is 19.1. The molecule has 0 aliphatic rings. The smallest absolute Gasteiger partial charge is 0.111 e. The zero-order valence-electron chi connectivity index (χ0n) is 5.24. The van der Waals surface area contributed by atoms with Gasteiger partial charge in [-0.15, -0.1) is 0 Å². The standard InChI is InChI=1S/C3H8.CH2BF/c1-3-2;2-1-3/h3H2,1-2H3;1H2/i;1T. The van der Waals surface area contributed by atoms with Gasteiger partial charge in [-0.3, -0.25) is 4.39 Å². The molecule has 0 aromatic heterocycles. The molecule has 1 unspecified atom stereocenters. The highest BCUT2D eigenvalue weighted by Crippen LogP contribution is 1.56. The second-order valence-electron chi connectivity index (χ2n) is 0.833. The van der Waals surface area contributed by atoms with Gasteiger partial charge in [0.1, 0.15) is 7.85 Å². The first-order chi connectivity index (χ1) is 3.15. The summed E-state index contributed by atoms with van der Waals surface area (Å²) in [5.74, 6) is 0. The average molecular weight is 89.9 g/mol. The minimum atomic E-state index is -1.92. The van der Waals surface area contributed by atoms with E-state index in [1.165, 1.54) is 6.42 Å². The average Bonchev–Trinajstić information content (AvgIpc) is 1.33. The predicted molar refractivity (Wildman–Crippen MR) is 27.7 cm³/mol. The van der Waals surface area contributed by atoms with Gasteiger partial charge in [0.2, 0.25) is 0 Å². The molecule has 36 valence electrons. The molecule has 0 fully saturated rings. The summed E-state index contributed by atoms with van der Waals surface area (Å²) >= 11 is 0. The fourth-order valence-corrected chi connectivity index (χ4v) is 0. The lowest BCUT2D eigenvalue weighted by Crippen LogP contribution is -1.56. The molecule has 2 heteroatoms. The van der Waals surface area contributed by atoms with Crippen LogP contribution < -0.4 is 0 Å². The lowest BCUT2D eigenvalue weighted by Gasteiger charge is -1.48. The molecule has 0 aromatic carbocycles. The molecule has 0 N–H and O–H groups in total. The third-order valence-electron chi connectivity index (χ3n) is 0. The highest BCUT2D eigenvalue weighted by Gasteiger charge is 1.41. The molecule has 0 aliphatic heterocycles. The van der Waals surface area contributed by atoms with Crippen molar-refractivity contribution in [2.24, 2.45) is 0 Å². The van der Waals surface area contributed by atoms with Crippen molar-refractivity contribution in [2.75, 3.05) is 6.55 Å². The monoisotopic (exact) mass is 90.1 g/mol. The minimum Gasteiger partial charge on any atom is -0.262 e. The van der Waals surface area contributed by atoms with Crippen molar-refractivity contribution < 1.29 is 5.76 Å². The first-order valence-corrected chi connectivity index (χ1v) is 1.97. The van der Waals surface area contributed by atoms with Crippen LogP contribution in [-0.2, 0) is 0 Å². The number of alkyl halides is 1. The third kappa shape index (κ3) is 1400000. The fraction of sp³-hybridized carbons (Fsp3) is 1.00. The Morgan fingerprint density at radius 3 is 1.83 bits per heavy atom. The maximum Gasteiger partial charge on any atom is 0.111 e. The summed E-state index contributed by atoms with van der Waals surface area (Å²) in [5, 5.41) is 0. The van der Waals surface area contributed by atoms with E-state index >= 15 is 0 Å². The largest absolute Gasteiger partial charge is 0.262 e. The van der Waals surface area contributed by atoms with Gasteiger partial charge >= 0.3 is 0 Å². The van der Waals surface area contributed by atoms with Gasteiger partial charge in [-0.1, -0.05) is 20.3 Å². The second kappa shape index (κ2) is 20.0. The van der Waals surface area contributed by atoms with Crippen LogP contribution in [0.5, 0.6) is 0 Å². The quantitative estimate of drug-likeness (QED) is 0.395. The SMILES string of the molecule is CCC.[3H]C([B])F. The Labute approximate surface area is 41.6 Å². The minimum absolute atomic E-state index is 1.25. The van der Waals surface area contributed by atoms with Crippen LogP contribution in [0.15, 0.2) is 0 Å². The van der Waals surface area contributed by atoms with Gasteiger partial charge in [0.15, 0.2) is 0 Å². The van der Waals surface area contributed by atoms with E-state index in [4.69, 9.17) is 1.37 Å². The van der Waals surface area contributed by atoms with Crippen LogP contribution >= 0.6 is 0 Å². The molecule has 0 spiro atoms. The summed E-state index contributed by atoms with van der Waals surface area (Å²) in [6.45, 7) is 2.33. The van der Waals surface area contributed by atoms with Crippen LogP contribution in [0.3, 0.4) is 0 Å². The van der Waals surface area contributed by atoms with Crippen LogP contribution in [0.2, 0.25) is 0 Å². The van der Waals surface area contributed by atoms with Gasteiger partial charge in [-0.05, 0) is 0 Å². The van der Waals surface area contributed by atoms with Gasteiger partial charge in [-0.2, -0.15) is 0 Å². The van der Waals surface area contributed by atoms with Crippen molar-refractivity contribution in [3.63, 3.8) is 0 Å². The molecule has 1 atom stereocenters.